The molecule has 0 unspecified atom stereocenters. The van der Waals surface area contributed by atoms with E-state index in [1.54, 1.807) is 30.2 Å². The number of amides is 2. The Morgan fingerprint density at radius 3 is 2.78 bits per heavy atom. The van der Waals surface area contributed by atoms with Crippen LogP contribution >= 0.6 is 0 Å². The summed E-state index contributed by atoms with van der Waals surface area (Å²) in [5.74, 6) is 0.197. The Kier molecular flexibility index (Phi) is 4.61. The first-order valence-corrected chi connectivity index (χ1v) is 8.89. The smallest absolute Gasteiger partial charge is 0.321 e. The van der Waals surface area contributed by atoms with E-state index in [2.05, 4.69) is 5.32 Å². The van der Waals surface area contributed by atoms with Crippen molar-refractivity contribution in [3.8, 4) is 11.5 Å². The first-order chi connectivity index (χ1) is 13.1. The van der Waals surface area contributed by atoms with Crippen LogP contribution in [0.1, 0.15) is 18.4 Å². The van der Waals surface area contributed by atoms with Crippen molar-refractivity contribution in [3.63, 3.8) is 0 Å². The van der Waals surface area contributed by atoms with Gasteiger partial charge in [0.2, 0.25) is 5.79 Å². The van der Waals surface area contributed by atoms with E-state index in [4.69, 9.17) is 14.2 Å². The average Bonchev–Trinajstić information content (AvgIpc) is 2.69. The number of nitrogens with one attached hydrogen (secondary N) is 1. The van der Waals surface area contributed by atoms with Crippen LogP contribution in [0.3, 0.4) is 0 Å². The normalized spacial score (nSPS) is 17.8. The van der Waals surface area contributed by atoms with Crippen molar-refractivity contribution in [3.05, 3.63) is 53.8 Å². The molecule has 0 bridgehead atoms. The third-order valence-electron chi connectivity index (χ3n) is 4.97. The highest BCUT2D eigenvalue weighted by Crippen LogP contribution is 2.37. The number of methoxy groups -OCH3 is 1. The number of fused-ring (bicyclic) bond motifs is 1. The number of nitrogens with zero attached hydrogens (tertiary/aromatic N) is 1. The van der Waals surface area contributed by atoms with Crippen LogP contribution in [0.2, 0.25) is 0 Å². The van der Waals surface area contributed by atoms with E-state index in [1.165, 1.54) is 12.1 Å². The summed E-state index contributed by atoms with van der Waals surface area (Å²) in [5, 5.41) is 2.88. The minimum absolute atomic E-state index is 0.187. The van der Waals surface area contributed by atoms with Crippen molar-refractivity contribution in [2.45, 2.75) is 25.2 Å². The van der Waals surface area contributed by atoms with E-state index in [-0.39, 0.29) is 11.8 Å². The maximum Gasteiger partial charge on any atom is 0.321 e. The van der Waals surface area contributed by atoms with Crippen LogP contribution in [0.5, 0.6) is 11.5 Å². The van der Waals surface area contributed by atoms with Gasteiger partial charge in [-0.15, -0.1) is 0 Å². The molecule has 1 saturated heterocycles. The molecule has 0 atom stereocenters. The summed E-state index contributed by atoms with van der Waals surface area (Å²) in [4.78, 5) is 14.3. The van der Waals surface area contributed by atoms with Gasteiger partial charge in [0.25, 0.3) is 0 Å². The maximum atomic E-state index is 13.3. The van der Waals surface area contributed by atoms with E-state index in [1.807, 2.05) is 12.1 Å². The Labute approximate surface area is 156 Å². The molecule has 2 amide bonds. The first-order valence-electron chi connectivity index (χ1n) is 8.89. The van der Waals surface area contributed by atoms with Gasteiger partial charge in [-0.2, -0.15) is 0 Å². The fourth-order valence-corrected chi connectivity index (χ4v) is 3.44. The topological polar surface area (TPSA) is 60.0 Å². The van der Waals surface area contributed by atoms with Crippen LogP contribution in [0, 0.1) is 5.82 Å². The summed E-state index contributed by atoms with van der Waals surface area (Å²) in [5.41, 5.74) is 1.34. The summed E-state index contributed by atoms with van der Waals surface area (Å²) in [6, 6.07) is 11.5. The Bertz CT molecular complexity index is 850. The van der Waals surface area contributed by atoms with Crippen LogP contribution in [0.15, 0.2) is 42.5 Å². The second-order valence-corrected chi connectivity index (χ2v) is 6.67. The summed E-state index contributed by atoms with van der Waals surface area (Å²) in [6.45, 7) is 1.30. The van der Waals surface area contributed by atoms with Gasteiger partial charge in [-0.25, -0.2) is 9.18 Å². The number of hydrogen-bond donors (Lipinski definition) is 1. The number of benzene rings is 2. The summed E-state index contributed by atoms with van der Waals surface area (Å²) in [6.07, 6.45) is 1.09. The quantitative estimate of drug-likeness (QED) is 0.872. The molecule has 2 aliphatic heterocycles. The van der Waals surface area contributed by atoms with Gasteiger partial charge in [0, 0.05) is 31.5 Å². The van der Waals surface area contributed by atoms with Crippen LogP contribution in [-0.2, 0) is 11.3 Å². The number of hydrogen-bond acceptors (Lipinski definition) is 4. The third-order valence-corrected chi connectivity index (χ3v) is 4.97. The molecule has 6 nitrogen and oxygen atoms in total. The number of rotatable bonds is 2. The van der Waals surface area contributed by atoms with Gasteiger partial charge in [-0.3, -0.25) is 0 Å². The minimum atomic E-state index is -0.758. The number of ether oxygens (including phenoxy) is 3. The molecule has 2 aromatic carbocycles. The molecule has 2 aromatic rings. The molecular weight excluding hydrogens is 351 g/mol. The predicted octanol–water partition coefficient (Wildman–Crippen LogP) is 3.77. The molecule has 1 N–H and O–H groups in total. The van der Waals surface area contributed by atoms with E-state index in [0.29, 0.717) is 55.3 Å². The second-order valence-electron chi connectivity index (χ2n) is 6.67. The Hall–Kier alpha value is -2.80. The van der Waals surface area contributed by atoms with E-state index >= 15 is 0 Å². The molecule has 0 saturated carbocycles. The fraction of sp³-hybridized carbons (Fsp3) is 0.350. The van der Waals surface area contributed by atoms with Gasteiger partial charge in [-0.05, 0) is 30.3 Å². The van der Waals surface area contributed by atoms with Crippen LogP contribution in [-0.4, -0.2) is 36.9 Å². The van der Waals surface area contributed by atoms with Gasteiger partial charge < -0.3 is 24.4 Å². The van der Waals surface area contributed by atoms with E-state index in [9.17, 15) is 9.18 Å². The Balaban J connectivity index is 1.39. The van der Waals surface area contributed by atoms with Gasteiger partial charge in [-0.1, -0.05) is 12.1 Å². The maximum absolute atomic E-state index is 13.3. The highest BCUT2D eigenvalue weighted by molar-refractivity contribution is 5.91. The zero-order valence-corrected chi connectivity index (χ0v) is 15.0. The monoisotopic (exact) mass is 372 g/mol. The number of anilines is 1. The molecule has 27 heavy (non-hydrogen) atoms. The molecule has 0 aliphatic carbocycles. The second kappa shape index (κ2) is 7.08. The largest absolute Gasteiger partial charge is 0.495 e. The van der Waals surface area contributed by atoms with Crippen molar-refractivity contribution < 1.29 is 23.4 Å². The highest BCUT2D eigenvalue weighted by Gasteiger charge is 2.42. The number of halogens is 1. The number of carbonyl (C=O) groups is 1. The third kappa shape index (κ3) is 3.55. The molecular formula is C20H21FN2O4. The number of carbonyl (C=O) groups excluding carboxylic acids is 1. The zero-order valence-electron chi connectivity index (χ0n) is 15.0. The summed E-state index contributed by atoms with van der Waals surface area (Å²) in [7, 11) is 1.57. The average molecular weight is 372 g/mol. The van der Waals surface area contributed by atoms with Crippen molar-refractivity contribution in [2.24, 2.45) is 0 Å². The van der Waals surface area contributed by atoms with Crippen molar-refractivity contribution >= 4 is 11.7 Å². The zero-order chi connectivity index (χ0) is 18.9. The lowest BCUT2D eigenvalue weighted by molar-refractivity contribution is -0.225. The molecule has 0 radical (unpaired) electrons. The summed E-state index contributed by atoms with van der Waals surface area (Å²) >= 11 is 0. The molecule has 1 spiro atoms. The van der Waals surface area contributed by atoms with E-state index in [0.717, 1.165) is 0 Å². The Morgan fingerprint density at radius 2 is 2.00 bits per heavy atom. The molecule has 2 aliphatic rings. The lowest BCUT2D eigenvalue weighted by atomic mass is 10.0. The number of para-hydroxylation sites is 2. The van der Waals surface area contributed by atoms with Crippen LogP contribution in [0.4, 0.5) is 14.9 Å². The Morgan fingerprint density at radius 1 is 1.22 bits per heavy atom. The predicted molar refractivity (Wildman–Crippen MR) is 97.4 cm³/mol. The van der Waals surface area contributed by atoms with Gasteiger partial charge in [0.15, 0.2) is 0 Å². The first kappa shape index (κ1) is 17.6. The van der Waals surface area contributed by atoms with Gasteiger partial charge in [0.05, 0.1) is 19.4 Å². The standard InChI is InChI=1S/C20H21FN2O4/c1-25-18-5-3-2-4-16(18)22-19(24)23-10-8-20(9-11-23)26-13-14-12-15(21)6-7-17(14)27-20/h2-7,12H,8-11,13H2,1H3,(H,22,24). The number of likely N-dealkylation sites (tertiary alicyclic amines) is 1. The molecule has 2 heterocycles. The van der Waals surface area contributed by atoms with Gasteiger partial charge >= 0.3 is 6.03 Å². The molecule has 7 heteroatoms. The minimum Gasteiger partial charge on any atom is -0.495 e. The lowest BCUT2D eigenvalue weighted by Gasteiger charge is -2.43. The molecule has 4 rings (SSSR count). The highest BCUT2D eigenvalue weighted by atomic mass is 19.1. The SMILES string of the molecule is COc1ccccc1NC(=O)N1CCC2(CC1)OCc1cc(F)ccc1O2. The lowest BCUT2D eigenvalue weighted by Crippen LogP contribution is -2.53. The van der Waals surface area contributed by atoms with Crippen LogP contribution in [0.25, 0.3) is 0 Å². The van der Waals surface area contributed by atoms with E-state index < -0.39 is 5.79 Å². The summed E-state index contributed by atoms with van der Waals surface area (Å²) < 4.78 is 30.5. The fourth-order valence-electron chi connectivity index (χ4n) is 3.44. The van der Waals surface area contributed by atoms with Gasteiger partial charge in [0.1, 0.15) is 17.3 Å². The number of piperidine rings is 1. The number of urea groups is 1. The van der Waals surface area contributed by atoms with Crippen molar-refractivity contribution in [1.29, 1.82) is 0 Å². The molecule has 1 fully saturated rings. The molecule has 142 valence electrons. The van der Waals surface area contributed by atoms with Crippen molar-refractivity contribution in [1.82, 2.24) is 4.90 Å². The van der Waals surface area contributed by atoms with Crippen LogP contribution < -0.4 is 14.8 Å². The van der Waals surface area contributed by atoms with Crippen molar-refractivity contribution in [2.75, 3.05) is 25.5 Å². The molecule has 0 aromatic heterocycles.